The Balaban J connectivity index is 1.28. The molecule has 4 rings (SSSR count). The molecule has 2 atom stereocenters. The number of fused-ring (bicyclic) bond motifs is 1. The third kappa shape index (κ3) is 3.86. The van der Waals surface area contributed by atoms with Gasteiger partial charge in [0.1, 0.15) is 24.8 Å². The van der Waals surface area contributed by atoms with Crippen molar-refractivity contribution < 1.29 is 27.8 Å². The topological polar surface area (TPSA) is 71.1 Å². The van der Waals surface area contributed by atoms with E-state index in [2.05, 4.69) is 5.32 Å². The number of urea groups is 1. The number of alkyl halides is 1. The van der Waals surface area contributed by atoms with Crippen LogP contribution in [-0.2, 0) is 9.53 Å². The molecule has 3 amide bonds. The molecule has 0 spiro atoms. The monoisotopic (exact) mass is 415 g/mol. The molecule has 3 heterocycles. The predicted octanol–water partition coefficient (Wildman–Crippen LogP) is 1.59. The number of halogens is 3. The van der Waals surface area contributed by atoms with Gasteiger partial charge in [-0.2, -0.15) is 0 Å². The van der Waals surface area contributed by atoms with Gasteiger partial charge >= 0.3 is 6.03 Å². The van der Waals surface area contributed by atoms with Crippen molar-refractivity contribution in [3.05, 3.63) is 29.0 Å². The smallest absolute Gasteiger partial charge is 0.320 e. The summed E-state index contributed by atoms with van der Waals surface area (Å²) < 4.78 is 38.7. The highest BCUT2D eigenvalue weighted by molar-refractivity contribution is 6.32. The molecular weight excluding hydrogens is 396 g/mol. The van der Waals surface area contributed by atoms with Crippen molar-refractivity contribution in [1.82, 2.24) is 15.1 Å². The zero-order valence-corrected chi connectivity index (χ0v) is 15.8. The van der Waals surface area contributed by atoms with E-state index in [1.54, 1.807) is 4.90 Å². The molecule has 1 N–H and O–H groups in total. The largest absolute Gasteiger partial charge is 0.489 e. The Morgan fingerprint density at radius 3 is 2.93 bits per heavy atom. The van der Waals surface area contributed by atoms with Gasteiger partial charge in [0.15, 0.2) is 5.67 Å². The maximum absolute atomic E-state index is 14.8. The van der Waals surface area contributed by atoms with Gasteiger partial charge in [0.2, 0.25) is 5.91 Å². The molecule has 0 bridgehead atoms. The van der Waals surface area contributed by atoms with Crippen molar-refractivity contribution in [2.24, 2.45) is 0 Å². The number of likely N-dealkylation sites (tertiary alicyclic amines) is 2. The summed E-state index contributed by atoms with van der Waals surface area (Å²) in [5.41, 5.74) is -1.69. The summed E-state index contributed by atoms with van der Waals surface area (Å²) >= 11 is 5.87. The van der Waals surface area contributed by atoms with E-state index >= 15 is 0 Å². The summed E-state index contributed by atoms with van der Waals surface area (Å²) in [5, 5.41) is 2.90. The number of morpholine rings is 1. The highest BCUT2D eigenvalue weighted by atomic mass is 35.5. The summed E-state index contributed by atoms with van der Waals surface area (Å²) in [6, 6.07) is 3.11. The summed E-state index contributed by atoms with van der Waals surface area (Å²) in [6.07, 6.45) is 0.532. The minimum atomic E-state index is -1.69. The van der Waals surface area contributed by atoms with Gasteiger partial charge in [-0.25, -0.2) is 13.6 Å². The quantitative estimate of drug-likeness (QED) is 0.814. The van der Waals surface area contributed by atoms with Gasteiger partial charge in [0.25, 0.3) is 0 Å². The van der Waals surface area contributed by atoms with Gasteiger partial charge in [-0.15, -0.1) is 0 Å². The third-order valence-corrected chi connectivity index (χ3v) is 5.49. The molecule has 0 unspecified atom stereocenters. The lowest BCUT2D eigenvalue weighted by Gasteiger charge is -2.48. The number of piperidine rings is 1. The van der Waals surface area contributed by atoms with Crippen molar-refractivity contribution in [1.29, 1.82) is 0 Å². The Kier molecular flexibility index (Phi) is 5.05. The van der Waals surface area contributed by atoms with E-state index in [4.69, 9.17) is 21.1 Å². The van der Waals surface area contributed by atoms with Crippen LogP contribution in [0.4, 0.5) is 13.6 Å². The zero-order chi connectivity index (χ0) is 19.9. The molecule has 3 aliphatic rings. The van der Waals surface area contributed by atoms with Crippen LogP contribution in [0.1, 0.15) is 6.42 Å². The molecule has 3 fully saturated rings. The number of carbonyl (C=O) groups excluding carboxylic acids is 2. The Bertz CT molecular complexity index is 790. The predicted molar refractivity (Wildman–Crippen MR) is 95.6 cm³/mol. The first-order valence-electron chi connectivity index (χ1n) is 9.05. The number of hydrogen-bond acceptors (Lipinski definition) is 4. The summed E-state index contributed by atoms with van der Waals surface area (Å²) in [6.45, 7) is 0.399. The van der Waals surface area contributed by atoms with Gasteiger partial charge in [0, 0.05) is 13.1 Å². The first kappa shape index (κ1) is 19.2. The van der Waals surface area contributed by atoms with Crippen LogP contribution < -0.4 is 10.1 Å². The molecule has 152 valence electrons. The number of carbonyl (C=O) groups is 2. The van der Waals surface area contributed by atoms with E-state index in [-0.39, 0.29) is 61.2 Å². The van der Waals surface area contributed by atoms with Crippen LogP contribution in [0.3, 0.4) is 0 Å². The zero-order valence-electron chi connectivity index (χ0n) is 15.0. The van der Waals surface area contributed by atoms with Crippen LogP contribution in [0.5, 0.6) is 5.75 Å². The number of nitrogens with zero attached hydrogens (tertiary/aromatic N) is 2. The minimum Gasteiger partial charge on any atom is -0.489 e. The van der Waals surface area contributed by atoms with Crippen LogP contribution in [0.2, 0.25) is 5.02 Å². The van der Waals surface area contributed by atoms with E-state index < -0.39 is 11.5 Å². The first-order valence-corrected chi connectivity index (χ1v) is 9.42. The number of hydrogen-bond donors (Lipinski definition) is 1. The second-order valence-corrected chi connectivity index (χ2v) is 7.82. The molecule has 3 aliphatic heterocycles. The van der Waals surface area contributed by atoms with Crippen molar-refractivity contribution in [2.45, 2.75) is 24.2 Å². The number of amides is 3. The molecule has 1 aromatic rings. The van der Waals surface area contributed by atoms with Gasteiger partial charge in [-0.1, -0.05) is 11.6 Å². The van der Waals surface area contributed by atoms with E-state index in [0.29, 0.717) is 19.5 Å². The summed E-state index contributed by atoms with van der Waals surface area (Å²) in [7, 11) is 0. The maximum Gasteiger partial charge on any atom is 0.320 e. The van der Waals surface area contributed by atoms with Crippen molar-refractivity contribution >= 4 is 23.5 Å². The molecule has 10 heteroatoms. The van der Waals surface area contributed by atoms with E-state index in [1.165, 1.54) is 17.0 Å². The lowest BCUT2D eigenvalue weighted by Crippen LogP contribution is -2.68. The van der Waals surface area contributed by atoms with Gasteiger partial charge in [-0.3, -0.25) is 4.79 Å². The Morgan fingerprint density at radius 1 is 1.39 bits per heavy atom. The molecular formula is C18H20ClF2N3O4. The average Bonchev–Trinajstić information content (AvgIpc) is 2.64. The lowest BCUT2D eigenvalue weighted by molar-refractivity contribution is -0.140. The molecule has 1 aromatic carbocycles. The molecule has 3 saturated heterocycles. The standard InChI is InChI=1S/C18H20ClF2N3O4/c19-12-5-11(20)1-2-14(12)28-10-18(21)8-24(9-18)17(26)23-4-3-15-13(6-23)22-16(25)7-27-15/h1-2,5,13,15H,3-4,6-10H2,(H,22,25)/t13-,15+/m1/s1. The molecule has 0 saturated carbocycles. The van der Waals surface area contributed by atoms with Gasteiger partial charge < -0.3 is 24.6 Å². The number of rotatable bonds is 3. The normalized spacial score (nSPS) is 26.2. The van der Waals surface area contributed by atoms with Crippen LogP contribution in [-0.4, -0.2) is 78.9 Å². The van der Waals surface area contributed by atoms with E-state index in [1.807, 2.05) is 0 Å². The van der Waals surface area contributed by atoms with Crippen molar-refractivity contribution in [2.75, 3.05) is 39.4 Å². The van der Waals surface area contributed by atoms with Crippen LogP contribution in [0, 0.1) is 5.82 Å². The maximum atomic E-state index is 14.8. The minimum absolute atomic E-state index is 0.0453. The fourth-order valence-corrected chi connectivity index (χ4v) is 3.96. The van der Waals surface area contributed by atoms with E-state index in [9.17, 15) is 18.4 Å². The number of ether oxygens (including phenoxy) is 2. The Hall–Kier alpha value is -2.13. The number of nitrogens with one attached hydrogen (secondary N) is 1. The Morgan fingerprint density at radius 2 is 2.18 bits per heavy atom. The second kappa shape index (κ2) is 7.36. The van der Waals surface area contributed by atoms with Crippen molar-refractivity contribution in [3.63, 3.8) is 0 Å². The fourth-order valence-electron chi connectivity index (χ4n) is 3.74. The summed E-state index contributed by atoms with van der Waals surface area (Å²) in [4.78, 5) is 27.1. The van der Waals surface area contributed by atoms with Crippen LogP contribution >= 0.6 is 11.6 Å². The third-order valence-electron chi connectivity index (χ3n) is 5.19. The highest BCUT2D eigenvalue weighted by Crippen LogP contribution is 2.31. The second-order valence-electron chi connectivity index (χ2n) is 7.41. The molecule has 0 radical (unpaired) electrons. The molecule has 7 nitrogen and oxygen atoms in total. The van der Waals surface area contributed by atoms with Gasteiger partial charge in [-0.05, 0) is 24.6 Å². The molecule has 0 aliphatic carbocycles. The lowest BCUT2D eigenvalue weighted by atomic mass is 9.97. The van der Waals surface area contributed by atoms with Gasteiger partial charge in [0.05, 0.1) is 30.3 Å². The molecule has 28 heavy (non-hydrogen) atoms. The summed E-state index contributed by atoms with van der Waals surface area (Å²) in [5.74, 6) is -0.505. The van der Waals surface area contributed by atoms with E-state index in [0.717, 1.165) is 6.07 Å². The van der Waals surface area contributed by atoms with Crippen LogP contribution in [0.15, 0.2) is 18.2 Å². The SMILES string of the molecule is O=C1CO[C@H]2CCN(C(=O)N3CC(F)(COc4ccc(F)cc4Cl)C3)C[C@H]2N1. The van der Waals surface area contributed by atoms with Crippen molar-refractivity contribution in [3.8, 4) is 5.75 Å². The first-order chi connectivity index (χ1) is 13.3. The highest BCUT2D eigenvalue weighted by Gasteiger charge is 2.49. The Labute approximate surface area is 165 Å². The fraction of sp³-hybridized carbons (Fsp3) is 0.556. The molecule has 0 aromatic heterocycles. The number of benzene rings is 1. The average molecular weight is 416 g/mol. The van der Waals surface area contributed by atoms with Crippen LogP contribution in [0.25, 0.3) is 0 Å².